The van der Waals surface area contributed by atoms with Gasteiger partial charge in [0, 0.05) is 13.1 Å². The molecule has 0 aromatic rings. The smallest absolute Gasteiger partial charge is 0.410 e. The van der Waals surface area contributed by atoms with Gasteiger partial charge >= 0.3 is 12.1 Å². The molecule has 5 heteroatoms. The third-order valence-corrected chi connectivity index (χ3v) is 4.02. The van der Waals surface area contributed by atoms with Crippen molar-refractivity contribution < 1.29 is 19.1 Å². The van der Waals surface area contributed by atoms with Crippen LogP contribution >= 0.6 is 0 Å². The van der Waals surface area contributed by atoms with Gasteiger partial charge in [-0.3, -0.25) is 4.79 Å². The standard InChI is InChI=1S/C15H25NO4/c1-5-19-13(17)10-6-11-8-16(9-12(11)7-10)14(18)20-15(2,3)4/h10-12H,5-9H2,1-4H3/t11-,12-/m0/s1. The highest BCUT2D eigenvalue weighted by Gasteiger charge is 2.45. The molecule has 1 saturated carbocycles. The monoisotopic (exact) mass is 283 g/mol. The molecule has 1 heterocycles. The first kappa shape index (κ1) is 15.1. The lowest BCUT2D eigenvalue weighted by atomic mass is 10.0. The van der Waals surface area contributed by atoms with Crippen LogP contribution in [-0.2, 0) is 14.3 Å². The van der Waals surface area contributed by atoms with Gasteiger partial charge in [-0.05, 0) is 52.4 Å². The van der Waals surface area contributed by atoms with Crippen LogP contribution in [0, 0.1) is 17.8 Å². The van der Waals surface area contributed by atoms with Crippen molar-refractivity contribution in [2.75, 3.05) is 19.7 Å². The van der Waals surface area contributed by atoms with Crippen LogP contribution in [0.2, 0.25) is 0 Å². The van der Waals surface area contributed by atoms with E-state index in [1.165, 1.54) is 0 Å². The molecule has 1 saturated heterocycles. The van der Waals surface area contributed by atoms with Gasteiger partial charge in [-0.15, -0.1) is 0 Å². The molecule has 0 aromatic carbocycles. The van der Waals surface area contributed by atoms with E-state index in [0.29, 0.717) is 31.5 Å². The van der Waals surface area contributed by atoms with Crippen LogP contribution in [0.25, 0.3) is 0 Å². The second kappa shape index (κ2) is 5.62. The predicted octanol–water partition coefficient (Wildman–Crippen LogP) is 2.44. The SMILES string of the molecule is CCOC(=O)C1C[C@H]2CN(C(=O)OC(C)(C)C)C[C@@H]2C1. The molecule has 1 aliphatic carbocycles. The Morgan fingerprint density at radius 2 is 1.70 bits per heavy atom. The molecule has 0 unspecified atom stereocenters. The normalized spacial score (nSPS) is 26.5. The van der Waals surface area contributed by atoms with Gasteiger partial charge in [0.2, 0.25) is 0 Å². The minimum atomic E-state index is -0.456. The fraction of sp³-hybridized carbons (Fsp3) is 0.867. The first-order valence-corrected chi connectivity index (χ1v) is 7.44. The molecule has 0 spiro atoms. The van der Waals surface area contributed by atoms with E-state index < -0.39 is 5.60 Å². The molecule has 2 fully saturated rings. The molecule has 0 aromatic heterocycles. The second-order valence-corrected chi connectivity index (χ2v) is 6.83. The lowest BCUT2D eigenvalue weighted by Gasteiger charge is -2.25. The summed E-state index contributed by atoms with van der Waals surface area (Å²) >= 11 is 0. The average molecular weight is 283 g/mol. The third kappa shape index (κ3) is 3.44. The van der Waals surface area contributed by atoms with Gasteiger partial charge in [0.05, 0.1) is 12.5 Å². The van der Waals surface area contributed by atoms with E-state index in [1.54, 1.807) is 4.90 Å². The number of rotatable bonds is 2. The minimum Gasteiger partial charge on any atom is -0.466 e. The lowest BCUT2D eigenvalue weighted by molar-refractivity contribution is -0.148. The molecule has 1 aliphatic heterocycles. The van der Waals surface area contributed by atoms with Crippen LogP contribution in [0.3, 0.4) is 0 Å². The highest BCUT2D eigenvalue weighted by atomic mass is 16.6. The van der Waals surface area contributed by atoms with Gasteiger partial charge in [0.15, 0.2) is 0 Å². The Labute approximate surface area is 120 Å². The zero-order valence-corrected chi connectivity index (χ0v) is 12.8. The lowest BCUT2D eigenvalue weighted by Crippen LogP contribution is -2.36. The summed E-state index contributed by atoms with van der Waals surface area (Å²) in [5, 5.41) is 0. The highest BCUT2D eigenvalue weighted by molar-refractivity contribution is 5.73. The van der Waals surface area contributed by atoms with Gasteiger partial charge in [0.25, 0.3) is 0 Å². The summed E-state index contributed by atoms with van der Waals surface area (Å²) in [6, 6.07) is 0. The van der Waals surface area contributed by atoms with E-state index in [-0.39, 0.29) is 18.0 Å². The van der Waals surface area contributed by atoms with E-state index >= 15 is 0 Å². The van der Waals surface area contributed by atoms with Crippen LogP contribution in [0.4, 0.5) is 4.79 Å². The Morgan fingerprint density at radius 1 is 1.15 bits per heavy atom. The fourth-order valence-electron chi connectivity index (χ4n) is 3.23. The quantitative estimate of drug-likeness (QED) is 0.730. The molecule has 5 nitrogen and oxygen atoms in total. The van der Waals surface area contributed by atoms with Crippen molar-refractivity contribution in [1.82, 2.24) is 4.90 Å². The van der Waals surface area contributed by atoms with E-state index in [2.05, 4.69) is 0 Å². The zero-order chi connectivity index (χ0) is 14.9. The molecular weight excluding hydrogens is 258 g/mol. The van der Waals surface area contributed by atoms with Crippen molar-refractivity contribution >= 4 is 12.1 Å². The zero-order valence-electron chi connectivity index (χ0n) is 12.8. The topological polar surface area (TPSA) is 55.8 Å². The number of hydrogen-bond donors (Lipinski definition) is 0. The van der Waals surface area contributed by atoms with E-state index in [1.807, 2.05) is 27.7 Å². The summed E-state index contributed by atoms with van der Waals surface area (Å²) in [4.78, 5) is 25.6. The van der Waals surface area contributed by atoms with Crippen LogP contribution in [-0.4, -0.2) is 42.3 Å². The number of carbonyl (C=O) groups excluding carboxylic acids is 2. The Kier molecular flexibility index (Phi) is 4.25. The Bertz CT molecular complexity index is 374. The summed E-state index contributed by atoms with van der Waals surface area (Å²) in [5.41, 5.74) is -0.456. The molecule has 0 N–H and O–H groups in total. The minimum absolute atomic E-state index is 0.0192. The molecule has 2 aliphatic rings. The summed E-state index contributed by atoms with van der Waals surface area (Å²) in [5.74, 6) is 0.769. The Balaban J connectivity index is 1.85. The largest absolute Gasteiger partial charge is 0.466 e. The van der Waals surface area contributed by atoms with Crippen molar-refractivity contribution in [2.24, 2.45) is 17.8 Å². The third-order valence-electron chi connectivity index (χ3n) is 4.02. The first-order chi connectivity index (χ1) is 9.30. The number of carbonyl (C=O) groups is 2. The van der Waals surface area contributed by atoms with Crippen LogP contribution < -0.4 is 0 Å². The van der Waals surface area contributed by atoms with Gasteiger partial charge in [0.1, 0.15) is 5.60 Å². The van der Waals surface area contributed by atoms with E-state index in [4.69, 9.17) is 9.47 Å². The van der Waals surface area contributed by atoms with Crippen LogP contribution in [0.15, 0.2) is 0 Å². The number of likely N-dealkylation sites (tertiary alicyclic amines) is 1. The molecule has 2 atom stereocenters. The van der Waals surface area contributed by atoms with Crippen molar-refractivity contribution in [3.05, 3.63) is 0 Å². The number of amides is 1. The maximum atomic E-state index is 12.0. The fourth-order valence-corrected chi connectivity index (χ4v) is 3.23. The molecule has 0 radical (unpaired) electrons. The van der Waals surface area contributed by atoms with Gasteiger partial charge < -0.3 is 14.4 Å². The van der Waals surface area contributed by atoms with Gasteiger partial charge in [-0.2, -0.15) is 0 Å². The van der Waals surface area contributed by atoms with Crippen molar-refractivity contribution in [2.45, 2.75) is 46.1 Å². The maximum Gasteiger partial charge on any atom is 0.410 e. The van der Waals surface area contributed by atoms with Gasteiger partial charge in [-0.1, -0.05) is 0 Å². The van der Waals surface area contributed by atoms with Crippen molar-refractivity contribution in [1.29, 1.82) is 0 Å². The molecule has 114 valence electrons. The number of nitrogens with zero attached hydrogens (tertiary/aromatic N) is 1. The molecule has 20 heavy (non-hydrogen) atoms. The second-order valence-electron chi connectivity index (χ2n) is 6.83. The van der Waals surface area contributed by atoms with Crippen LogP contribution in [0.1, 0.15) is 40.5 Å². The maximum absolute atomic E-state index is 12.0. The molecule has 2 rings (SSSR count). The summed E-state index contributed by atoms with van der Waals surface area (Å²) in [7, 11) is 0. The summed E-state index contributed by atoms with van der Waals surface area (Å²) in [6.07, 6.45) is 1.44. The Morgan fingerprint density at radius 3 is 2.15 bits per heavy atom. The predicted molar refractivity (Wildman–Crippen MR) is 74.1 cm³/mol. The number of ether oxygens (including phenoxy) is 2. The van der Waals surface area contributed by atoms with Crippen molar-refractivity contribution in [3.63, 3.8) is 0 Å². The van der Waals surface area contributed by atoms with Crippen LogP contribution in [0.5, 0.6) is 0 Å². The van der Waals surface area contributed by atoms with Crippen molar-refractivity contribution in [3.8, 4) is 0 Å². The number of hydrogen-bond acceptors (Lipinski definition) is 4. The number of fused-ring (bicyclic) bond motifs is 1. The highest BCUT2D eigenvalue weighted by Crippen LogP contribution is 2.42. The molecular formula is C15H25NO4. The molecule has 0 bridgehead atoms. The van der Waals surface area contributed by atoms with E-state index in [9.17, 15) is 9.59 Å². The summed E-state index contributed by atoms with van der Waals surface area (Å²) < 4.78 is 10.5. The molecule has 1 amide bonds. The average Bonchev–Trinajstić information content (AvgIpc) is 2.83. The first-order valence-electron chi connectivity index (χ1n) is 7.44. The van der Waals surface area contributed by atoms with Gasteiger partial charge in [-0.25, -0.2) is 4.79 Å². The summed E-state index contributed by atoms with van der Waals surface area (Å²) in [6.45, 7) is 9.30. The Hall–Kier alpha value is -1.26. The number of esters is 1. The van der Waals surface area contributed by atoms with E-state index in [0.717, 1.165) is 12.8 Å².